The third kappa shape index (κ3) is 2.37. The third-order valence-corrected chi connectivity index (χ3v) is 3.93. The number of H-pyrrole nitrogens is 1. The Hall–Kier alpha value is -1.67. The molecule has 0 aliphatic heterocycles. The maximum Gasteiger partial charge on any atom is 0.258 e. The Kier molecular flexibility index (Phi) is 2.99. The van der Waals surface area contributed by atoms with Crippen LogP contribution in [-0.4, -0.2) is 28.2 Å². The summed E-state index contributed by atoms with van der Waals surface area (Å²) in [5.41, 5.74) is 0. The van der Waals surface area contributed by atoms with E-state index >= 15 is 0 Å². The van der Waals surface area contributed by atoms with Crippen molar-refractivity contribution in [1.29, 1.82) is 0 Å². The van der Waals surface area contributed by atoms with Crippen LogP contribution in [0, 0.1) is 0 Å². The fourth-order valence-corrected chi connectivity index (χ4v) is 2.82. The third-order valence-electron chi connectivity index (χ3n) is 2.31. The highest BCUT2D eigenvalue weighted by molar-refractivity contribution is 7.89. The van der Waals surface area contributed by atoms with E-state index in [0.29, 0.717) is 5.82 Å². The molecule has 8 heteroatoms. The lowest BCUT2D eigenvalue weighted by molar-refractivity contribution is 0.545. The Balaban J connectivity index is 2.22. The van der Waals surface area contributed by atoms with Gasteiger partial charge in [-0.25, -0.2) is 13.4 Å². The molecule has 0 aromatic carbocycles. The summed E-state index contributed by atoms with van der Waals surface area (Å²) in [6.07, 6.45) is 4.65. The molecule has 2 rings (SSSR count). The molecule has 2 aromatic heterocycles. The fourth-order valence-electron chi connectivity index (χ4n) is 1.49. The van der Waals surface area contributed by atoms with E-state index in [0.717, 1.165) is 0 Å². The van der Waals surface area contributed by atoms with Crippen LogP contribution in [0.2, 0.25) is 0 Å². The van der Waals surface area contributed by atoms with Crippen LogP contribution in [0.5, 0.6) is 0 Å². The predicted molar refractivity (Wildman–Crippen MR) is 60.5 cm³/mol. The van der Waals surface area contributed by atoms with Gasteiger partial charge >= 0.3 is 0 Å². The second kappa shape index (κ2) is 4.30. The van der Waals surface area contributed by atoms with Gasteiger partial charge in [0.05, 0.1) is 12.2 Å². The number of imidazole rings is 1. The second-order valence-corrected chi connectivity index (χ2v) is 5.27. The number of sulfonamides is 1. The Bertz CT molecular complexity index is 587. The highest BCUT2D eigenvalue weighted by Crippen LogP contribution is 2.12. The summed E-state index contributed by atoms with van der Waals surface area (Å²) < 4.78 is 27.8. The van der Waals surface area contributed by atoms with Gasteiger partial charge in [0.1, 0.15) is 5.82 Å². The molecule has 0 aliphatic rings. The molecule has 1 unspecified atom stereocenters. The lowest BCUT2D eigenvalue weighted by Crippen LogP contribution is -2.29. The van der Waals surface area contributed by atoms with Gasteiger partial charge in [-0.15, -0.1) is 0 Å². The van der Waals surface area contributed by atoms with Crippen molar-refractivity contribution in [3.05, 3.63) is 30.5 Å². The van der Waals surface area contributed by atoms with Crippen LogP contribution in [0.4, 0.5) is 0 Å². The molecule has 0 saturated heterocycles. The first-order chi connectivity index (χ1) is 8.00. The van der Waals surface area contributed by atoms with Gasteiger partial charge in [0.2, 0.25) is 0 Å². The maximum absolute atomic E-state index is 12.0. The number of aryl methyl sites for hydroxylation is 1. The predicted octanol–water partition coefficient (Wildman–Crippen LogP) is 0.183. The van der Waals surface area contributed by atoms with Gasteiger partial charge in [-0.05, 0) is 13.0 Å². The highest BCUT2D eigenvalue weighted by atomic mass is 32.2. The van der Waals surface area contributed by atoms with Crippen molar-refractivity contribution in [2.75, 3.05) is 0 Å². The molecular weight excluding hydrogens is 242 g/mol. The standard InChI is InChI=1S/C9H13N5O2S/c1-7(9-10-5-6-11-9)13-17(15,16)8-3-4-12-14(8)2/h3-7,13H,1-2H3,(H,10,11). The smallest absolute Gasteiger partial charge is 0.258 e. The lowest BCUT2D eigenvalue weighted by atomic mass is 10.3. The van der Waals surface area contributed by atoms with Crippen molar-refractivity contribution in [1.82, 2.24) is 24.5 Å². The fraction of sp³-hybridized carbons (Fsp3) is 0.333. The monoisotopic (exact) mass is 255 g/mol. The summed E-state index contributed by atoms with van der Waals surface area (Å²) in [6, 6.07) is 1.02. The second-order valence-electron chi connectivity index (χ2n) is 3.61. The maximum atomic E-state index is 12.0. The number of aromatic nitrogens is 4. The van der Waals surface area contributed by atoms with Crippen LogP contribution < -0.4 is 4.72 Å². The average Bonchev–Trinajstić information content (AvgIpc) is 2.85. The van der Waals surface area contributed by atoms with E-state index < -0.39 is 16.1 Å². The van der Waals surface area contributed by atoms with Crippen molar-refractivity contribution in [3.8, 4) is 0 Å². The van der Waals surface area contributed by atoms with Gasteiger partial charge < -0.3 is 4.98 Å². The van der Waals surface area contributed by atoms with Crippen LogP contribution >= 0.6 is 0 Å². The molecule has 0 amide bonds. The van der Waals surface area contributed by atoms with E-state index in [1.165, 1.54) is 16.9 Å². The molecule has 17 heavy (non-hydrogen) atoms. The summed E-state index contributed by atoms with van der Waals surface area (Å²) >= 11 is 0. The van der Waals surface area contributed by atoms with E-state index in [4.69, 9.17) is 0 Å². The number of aromatic amines is 1. The number of nitrogens with one attached hydrogen (secondary N) is 2. The van der Waals surface area contributed by atoms with Crippen LogP contribution in [0.15, 0.2) is 29.7 Å². The molecule has 0 aliphatic carbocycles. The van der Waals surface area contributed by atoms with Gasteiger partial charge in [0, 0.05) is 19.4 Å². The number of rotatable bonds is 4. The zero-order valence-corrected chi connectivity index (χ0v) is 10.3. The van der Waals surface area contributed by atoms with Gasteiger partial charge in [-0.3, -0.25) is 4.68 Å². The Morgan fingerprint density at radius 3 is 2.76 bits per heavy atom. The molecular formula is C9H13N5O2S. The molecule has 92 valence electrons. The van der Waals surface area contributed by atoms with Gasteiger partial charge in [-0.2, -0.15) is 9.82 Å². The summed E-state index contributed by atoms with van der Waals surface area (Å²) in [5, 5.41) is 3.95. The minimum Gasteiger partial charge on any atom is -0.347 e. The summed E-state index contributed by atoms with van der Waals surface area (Å²) in [6.45, 7) is 1.72. The first-order valence-corrected chi connectivity index (χ1v) is 6.48. The molecule has 0 fully saturated rings. The van der Waals surface area contributed by atoms with Crippen LogP contribution in [0.25, 0.3) is 0 Å². The molecule has 0 spiro atoms. The average molecular weight is 255 g/mol. The van der Waals surface area contributed by atoms with Crippen LogP contribution in [0.1, 0.15) is 18.8 Å². The molecule has 7 nitrogen and oxygen atoms in total. The van der Waals surface area contributed by atoms with E-state index in [-0.39, 0.29) is 5.03 Å². The van der Waals surface area contributed by atoms with Crippen molar-refractivity contribution in [3.63, 3.8) is 0 Å². The molecule has 0 saturated carbocycles. The highest BCUT2D eigenvalue weighted by Gasteiger charge is 2.22. The Labute approximate surface area is 98.9 Å². The lowest BCUT2D eigenvalue weighted by Gasteiger charge is -2.11. The van der Waals surface area contributed by atoms with Crippen molar-refractivity contribution in [2.24, 2.45) is 7.05 Å². The molecule has 2 N–H and O–H groups in total. The van der Waals surface area contributed by atoms with Crippen molar-refractivity contribution >= 4 is 10.0 Å². The summed E-state index contributed by atoms with van der Waals surface area (Å²) in [4.78, 5) is 6.86. The first kappa shape index (κ1) is 11.8. The van der Waals surface area contributed by atoms with Gasteiger partial charge in [0.25, 0.3) is 10.0 Å². The van der Waals surface area contributed by atoms with E-state index in [9.17, 15) is 8.42 Å². The first-order valence-electron chi connectivity index (χ1n) is 5.00. The van der Waals surface area contributed by atoms with Gasteiger partial charge in [0.15, 0.2) is 5.03 Å². The van der Waals surface area contributed by atoms with Crippen molar-refractivity contribution < 1.29 is 8.42 Å². The minimum atomic E-state index is -3.58. The molecule has 0 bridgehead atoms. The van der Waals surface area contributed by atoms with Crippen LogP contribution in [0.3, 0.4) is 0 Å². The molecule has 1 atom stereocenters. The summed E-state index contributed by atoms with van der Waals surface area (Å²) in [7, 11) is -2.01. The van der Waals surface area contributed by atoms with Crippen LogP contribution in [-0.2, 0) is 17.1 Å². The quantitative estimate of drug-likeness (QED) is 0.815. The molecule has 0 radical (unpaired) electrons. The Morgan fingerprint density at radius 2 is 2.24 bits per heavy atom. The number of hydrogen-bond donors (Lipinski definition) is 2. The van der Waals surface area contributed by atoms with E-state index in [1.807, 2.05) is 0 Å². The largest absolute Gasteiger partial charge is 0.347 e. The van der Waals surface area contributed by atoms with Gasteiger partial charge in [-0.1, -0.05) is 0 Å². The van der Waals surface area contributed by atoms with E-state index in [1.54, 1.807) is 26.4 Å². The normalized spacial score (nSPS) is 13.8. The Morgan fingerprint density at radius 1 is 1.47 bits per heavy atom. The van der Waals surface area contributed by atoms with Crippen molar-refractivity contribution in [2.45, 2.75) is 18.0 Å². The molecule has 2 aromatic rings. The molecule has 2 heterocycles. The number of nitrogens with zero attached hydrogens (tertiary/aromatic N) is 3. The van der Waals surface area contributed by atoms with E-state index in [2.05, 4.69) is 19.8 Å². The topological polar surface area (TPSA) is 92.7 Å². The zero-order valence-electron chi connectivity index (χ0n) is 9.45. The SMILES string of the molecule is CC(NS(=O)(=O)c1ccnn1C)c1ncc[nH]1. The minimum absolute atomic E-state index is 0.121. The number of hydrogen-bond acceptors (Lipinski definition) is 4. The zero-order chi connectivity index (χ0) is 12.5. The summed E-state index contributed by atoms with van der Waals surface area (Å²) in [5.74, 6) is 0.566.